The highest BCUT2D eigenvalue weighted by Gasteiger charge is 2.18. The zero-order valence-corrected chi connectivity index (χ0v) is 25.3. The molecule has 0 unspecified atom stereocenters. The van der Waals surface area contributed by atoms with Crippen molar-refractivity contribution in [2.24, 2.45) is 0 Å². The third kappa shape index (κ3) is 3.93. The monoisotopic (exact) mass is 598 g/mol. The Bertz CT molecular complexity index is 2850. The Morgan fingerprint density at radius 2 is 1.00 bits per heavy atom. The van der Waals surface area contributed by atoms with Crippen LogP contribution >= 0.6 is 0 Å². The number of hydrogen-bond donors (Lipinski definition) is 0. The van der Waals surface area contributed by atoms with Gasteiger partial charge in [-0.05, 0) is 62.3 Å². The van der Waals surface area contributed by atoms with Gasteiger partial charge in [0.25, 0.3) is 0 Å². The molecule has 10 rings (SSSR count). The number of furan rings is 1. The summed E-state index contributed by atoms with van der Waals surface area (Å²) in [6, 6.07) is 55.4. The maximum absolute atomic E-state index is 6.58. The summed E-state index contributed by atoms with van der Waals surface area (Å²) in [5.41, 5.74) is 7.99. The molecule has 0 atom stereocenters. The fraction of sp³-hybridized carbons (Fsp3) is 0. The van der Waals surface area contributed by atoms with Crippen LogP contribution in [-0.4, -0.2) is 9.97 Å². The van der Waals surface area contributed by atoms with E-state index in [1.165, 1.54) is 26.9 Å². The molecule has 0 saturated carbocycles. The Labute approximate surface area is 270 Å². The normalized spacial score (nSPS) is 11.8. The highest BCUT2D eigenvalue weighted by molar-refractivity contribution is 6.32. The number of aromatic nitrogens is 2. The van der Waals surface area contributed by atoms with E-state index in [0.29, 0.717) is 5.82 Å². The summed E-state index contributed by atoms with van der Waals surface area (Å²) in [7, 11) is 0. The van der Waals surface area contributed by atoms with E-state index in [4.69, 9.17) is 14.4 Å². The van der Waals surface area contributed by atoms with Gasteiger partial charge in [-0.3, -0.25) is 0 Å². The Morgan fingerprint density at radius 3 is 1.85 bits per heavy atom. The lowest BCUT2D eigenvalue weighted by Crippen LogP contribution is -1.96. The van der Waals surface area contributed by atoms with Crippen molar-refractivity contribution in [3.63, 3.8) is 0 Å². The molecule has 0 bridgehead atoms. The number of nitrogens with zero attached hydrogens (tertiary/aromatic N) is 2. The molecule has 0 N–H and O–H groups in total. The summed E-state index contributed by atoms with van der Waals surface area (Å²) in [4.78, 5) is 10.3. The first-order valence-corrected chi connectivity index (χ1v) is 15.9. The molecule has 8 aromatic carbocycles. The molecule has 0 radical (unpaired) electrons. The van der Waals surface area contributed by atoms with Crippen molar-refractivity contribution in [3.8, 4) is 33.8 Å². The van der Waals surface area contributed by atoms with Crippen LogP contribution in [0, 0.1) is 0 Å². The minimum absolute atomic E-state index is 0.714. The van der Waals surface area contributed by atoms with Gasteiger partial charge in [0.2, 0.25) is 0 Å². The van der Waals surface area contributed by atoms with E-state index >= 15 is 0 Å². The number of benzene rings is 8. The molecule has 0 aliphatic rings. The van der Waals surface area contributed by atoms with Crippen LogP contribution < -0.4 is 0 Å². The number of fused-ring (bicyclic) bond motifs is 11. The van der Waals surface area contributed by atoms with Gasteiger partial charge in [0.1, 0.15) is 11.2 Å². The van der Waals surface area contributed by atoms with Crippen molar-refractivity contribution in [1.29, 1.82) is 0 Å². The summed E-state index contributed by atoms with van der Waals surface area (Å²) in [6.45, 7) is 0. The van der Waals surface area contributed by atoms with Gasteiger partial charge in [0, 0.05) is 32.7 Å². The zero-order chi connectivity index (χ0) is 30.9. The van der Waals surface area contributed by atoms with Crippen LogP contribution in [0.1, 0.15) is 0 Å². The first kappa shape index (κ1) is 26.0. The van der Waals surface area contributed by atoms with Crippen LogP contribution in [0.25, 0.3) is 98.9 Å². The molecule has 0 spiro atoms. The van der Waals surface area contributed by atoms with E-state index in [2.05, 4.69) is 133 Å². The van der Waals surface area contributed by atoms with Crippen molar-refractivity contribution in [2.75, 3.05) is 0 Å². The predicted molar refractivity (Wildman–Crippen MR) is 196 cm³/mol. The summed E-state index contributed by atoms with van der Waals surface area (Å²) in [5.74, 6) is 0.714. The Morgan fingerprint density at radius 1 is 0.383 bits per heavy atom. The molecule has 10 aromatic rings. The molecule has 0 fully saturated rings. The second-order valence-electron chi connectivity index (χ2n) is 12.1. The van der Waals surface area contributed by atoms with Crippen LogP contribution in [-0.2, 0) is 0 Å². The Balaban J connectivity index is 1.25. The molecule has 218 valence electrons. The van der Waals surface area contributed by atoms with Gasteiger partial charge in [-0.1, -0.05) is 133 Å². The fourth-order valence-electron chi connectivity index (χ4n) is 7.33. The molecule has 3 heteroatoms. The first-order chi connectivity index (χ1) is 23.3. The lowest BCUT2D eigenvalue weighted by atomic mass is 9.90. The van der Waals surface area contributed by atoms with Gasteiger partial charge in [-0.25, -0.2) is 9.97 Å². The standard InChI is InChI=1S/C44H26N2O/c1-2-12-27(13-3-1)42-37-19-8-10-20-39(37)45-44(46-42)36-18-7-4-14-29(36)28-22-23-34-38(26-28)31-16-6-5-15-30(31)33-24-25-35-32-17-9-11-21-40(32)47-43(35)41(33)34/h1-26H. The lowest BCUT2D eigenvalue weighted by molar-refractivity contribution is 0.673. The molecule has 0 amide bonds. The predicted octanol–water partition coefficient (Wildman–Crippen LogP) is 12.0. The van der Waals surface area contributed by atoms with Crippen LogP contribution in [0.3, 0.4) is 0 Å². The molecule has 0 saturated heterocycles. The zero-order valence-electron chi connectivity index (χ0n) is 25.3. The quantitative estimate of drug-likeness (QED) is 0.190. The maximum atomic E-state index is 6.58. The van der Waals surface area contributed by atoms with Crippen LogP contribution in [0.4, 0.5) is 0 Å². The second-order valence-corrected chi connectivity index (χ2v) is 12.1. The third-order valence-electron chi connectivity index (χ3n) is 9.47. The van der Waals surface area contributed by atoms with Gasteiger partial charge in [0.05, 0.1) is 11.2 Å². The van der Waals surface area contributed by atoms with E-state index in [1.807, 2.05) is 24.3 Å². The van der Waals surface area contributed by atoms with E-state index in [1.54, 1.807) is 0 Å². The number of hydrogen-bond acceptors (Lipinski definition) is 3. The van der Waals surface area contributed by atoms with E-state index in [9.17, 15) is 0 Å². The van der Waals surface area contributed by atoms with Gasteiger partial charge < -0.3 is 4.42 Å². The Hall–Kier alpha value is -6.32. The molecule has 3 nitrogen and oxygen atoms in total. The van der Waals surface area contributed by atoms with Gasteiger partial charge in [0.15, 0.2) is 5.82 Å². The largest absolute Gasteiger partial charge is 0.455 e. The molecule has 2 aromatic heterocycles. The average Bonchev–Trinajstić information content (AvgIpc) is 3.53. The SMILES string of the molecule is c1ccc(-c2nc(-c3ccccc3-c3ccc4c(c3)c3ccccc3c3ccc5c6ccccc6oc5c34)nc3ccccc23)cc1. The number of para-hydroxylation sites is 2. The van der Waals surface area contributed by atoms with Crippen LogP contribution in [0.2, 0.25) is 0 Å². The highest BCUT2D eigenvalue weighted by Crippen LogP contribution is 2.43. The van der Waals surface area contributed by atoms with Crippen molar-refractivity contribution in [2.45, 2.75) is 0 Å². The van der Waals surface area contributed by atoms with Crippen molar-refractivity contribution in [3.05, 3.63) is 158 Å². The van der Waals surface area contributed by atoms with Crippen LogP contribution in [0.15, 0.2) is 162 Å². The Kier molecular flexibility index (Phi) is 5.57. The van der Waals surface area contributed by atoms with Crippen molar-refractivity contribution >= 4 is 65.2 Å². The molecular formula is C44H26N2O. The minimum atomic E-state index is 0.714. The van der Waals surface area contributed by atoms with E-state index in [-0.39, 0.29) is 0 Å². The smallest absolute Gasteiger partial charge is 0.161 e. The summed E-state index contributed by atoms with van der Waals surface area (Å²) in [5, 5.41) is 10.5. The van der Waals surface area contributed by atoms with Gasteiger partial charge in [-0.2, -0.15) is 0 Å². The van der Waals surface area contributed by atoms with Crippen molar-refractivity contribution < 1.29 is 4.42 Å². The summed E-state index contributed by atoms with van der Waals surface area (Å²) >= 11 is 0. The van der Waals surface area contributed by atoms with E-state index in [0.717, 1.165) is 66.2 Å². The molecule has 0 aliphatic carbocycles. The molecule has 2 heterocycles. The maximum Gasteiger partial charge on any atom is 0.161 e. The topological polar surface area (TPSA) is 38.9 Å². The summed E-state index contributed by atoms with van der Waals surface area (Å²) in [6.07, 6.45) is 0. The van der Waals surface area contributed by atoms with Crippen LogP contribution in [0.5, 0.6) is 0 Å². The van der Waals surface area contributed by atoms with Gasteiger partial charge in [-0.15, -0.1) is 0 Å². The first-order valence-electron chi connectivity index (χ1n) is 15.9. The van der Waals surface area contributed by atoms with E-state index < -0.39 is 0 Å². The average molecular weight is 599 g/mol. The molecule has 47 heavy (non-hydrogen) atoms. The lowest BCUT2D eigenvalue weighted by Gasteiger charge is -2.15. The summed E-state index contributed by atoms with van der Waals surface area (Å²) < 4.78 is 6.58. The minimum Gasteiger partial charge on any atom is -0.455 e. The fourth-order valence-corrected chi connectivity index (χ4v) is 7.33. The highest BCUT2D eigenvalue weighted by atomic mass is 16.3. The molecular weight excluding hydrogens is 572 g/mol. The van der Waals surface area contributed by atoms with Gasteiger partial charge >= 0.3 is 0 Å². The second kappa shape index (κ2) is 10.1. The van der Waals surface area contributed by atoms with Crippen molar-refractivity contribution in [1.82, 2.24) is 9.97 Å². The third-order valence-corrected chi connectivity index (χ3v) is 9.47. The number of rotatable bonds is 3. The molecule has 0 aliphatic heterocycles.